The summed E-state index contributed by atoms with van der Waals surface area (Å²) in [5.74, 6) is -0.377. The Morgan fingerprint density at radius 2 is 1.78 bits per heavy atom. The summed E-state index contributed by atoms with van der Waals surface area (Å²) in [4.78, 5) is 43.8. The van der Waals surface area contributed by atoms with E-state index in [0.717, 1.165) is 29.8 Å². The van der Waals surface area contributed by atoms with Crippen molar-refractivity contribution in [1.29, 1.82) is 0 Å². The van der Waals surface area contributed by atoms with Gasteiger partial charge in [-0.3, -0.25) is 4.79 Å². The molecule has 49 heavy (non-hydrogen) atoms. The van der Waals surface area contributed by atoms with Gasteiger partial charge in [0.1, 0.15) is 17.5 Å². The van der Waals surface area contributed by atoms with Crippen LogP contribution < -0.4 is 10.6 Å². The molecule has 3 rings (SSSR count). The molecule has 0 aliphatic carbocycles. The molecule has 1 aromatic heterocycles. The first-order valence-electron chi connectivity index (χ1n) is 16.4. The van der Waals surface area contributed by atoms with Crippen LogP contribution in [-0.2, 0) is 16.1 Å². The lowest BCUT2D eigenvalue weighted by molar-refractivity contribution is -0.133. The number of halogens is 2. The number of ether oxygens (including phenoxy) is 1. The van der Waals surface area contributed by atoms with Crippen molar-refractivity contribution < 1.29 is 33.0 Å². The van der Waals surface area contributed by atoms with Crippen LogP contribution in [0.4, 0.5) is 18.4 Å². The highest BCUT2D eigenvalue weighted by molar-refractivity contribution is 7.99. The molecule has 0 spiro atoms. The van der Waals surface area contributed by atoms with E-state index in [0.29, 0.717) is 37.7 Å². The minimum absolute atomic E-state index is 0.00585. The summed E-state index contributed by atoms with van der Waals surface area (Å²) in [6.45, 7) is 13.9. The molecule has 3 aromatic rings. The van der Waals surface area contributed by atoms with Gasteiger partial charge in [-0.15, -0.1) is 0 Å². The Balaban J connectivity index is 1.89. The van der Waals surface area contributed by atoms with Gasteiger partial charge in [0.2, 0.25) is 5.91 Å². The standard InChI is InChI=1S/C35H49F2N5O5SSi/c1-35(2,3)31(32-40-29(27-21-26(36)13-14-28(27)37)23-41(32)22-25-11-8-7-9-12-25)42(17-10-15-38-33(44)45)30(43)24-48-19-16-39-34(46)47-18-20-49(4,5)6/h7-9,11-14,21,23,31,38H,10,15-20,22,24H2,1-6H3,(H,39,46)(H,44,45)/t31-/m0/s1. The van der Waals surface area contributed by atoms with Gasteiger partial charge in [-0.25, -0.2) is 23.4 Å². The molecule has 0 aliphatic rings. The number of carbonyl (C=O) groups is 3. The lowest BCUT2D eigenvalue weighted by Crippen LogP contribution is -2.44. The van der Waals surface area contributed by atoms with Gasteiger partial charge >= 0.3 is 12.2 Å². The highest BCUT2D eigenvalue weighted by Crippen LogP contribution is 2.40. The number of hydrogen-bond donors (Lipinski definition) is 3. The lowest BCUT2D eigenvalue weighted by Gasteiger charge is -2.40. The number of aromatic nitrogens is 2. The largest absolute Gasteiger partial charge is 0.465 e. The quantitative estimate of drug-likeness (QED) is 0.0993. The summed E-state index contributed by atoms with van der Waals surface area (Å²) in [7, 11) is -1.32. The number of nitrogens with zero attached hydrogens (tertiary/aromatic N) is 3. The number of rotatable bonds is 17. The topological polar surface area (TPSA) is 126 Å². The van der Waals surface area contributed by atoms with E-state index >= 15 is 4.39 Å². The lowest BCUT2D eigenvalue weighted by atomic mass is 9.84. The zero-order chi connectivity index (χ0) is 36.2. The Morgan fingerprint density at radius 1 is 1.06 bits per heavy atom. The molecule has 2 aromatic carbocycles. The van der Waals surface area contributed by atoms with Gasteiger partial charge < -0.3 is 29.9 Å². The highest BCUT2D eigenvalue weighted by atomic mass is 32.2. The predicted octanol–water partition coefficient (Wildman–Crippen LogP) is 7.25. The molecule has 3 amide bonds. The number of nitrogens with one attached hydrogen (secondary N) is 2. The number of carbonyl (C=O) groups excluding carboxylic acids is 2. The molecular formula is C35H49F2N5O5SSi. The van der Waals surface area contributed by atoms with Gasteiger partial charge in [0.15, 0.2) is 0 Å². The Hall–Kier alpha value is -3.91. The summed E-state index contributed by atoms with van der Waals surface area (Å²) in [6, 6.07) is 13.1. The summed E-state index contributed by atoms with van der Waals surface area (Å²) < 4.78 is 36.4. The predicted molar refractivity (Wildman–Crippen MR) is 193 cm³/mol. The van der Waals surface area contributed by atoms with Crippen molar-refractivity contribution >= 4 is 37.9 Å². The minimum Gasteiger partial charge on any atom is -0.465 e. The van der Waals surface area contributed by atoms with E-state index < -0.39 is 43.4 Å². The SMILES string of the molecule is CC(C)(C)[C@H](c1nc(-c2cc(F)ccc2F)cn1Cc1ccccc1)N(CCCNC(=O)O)C(=O)CSCCNC(=O)OCC[Si](C)(C)C. The molecule has 14 heteroatoms. The first-order chi connectivity index (χ1) is 23.0. The van der Waals surface area contributed by atoms with E-state index in [2.05, 4.69) is 30.3 Å². The number of imidazole rings is 1. The monoisotopic (exact) mass is 717 g/mol. The van der Waals surface area contributed by atoms with Gasteiger partial charge in [0.05, 0.1) is 24.1 Å². The second-order valence-electron chi connectivity index (χ2n) is 14.1. The zero-order valence-corrected chi connectivity index (χ0v) is 31.0. The van der Waals surface area contributed by atoms with Crippen LogP contribution in [0.2, 0.25) is 25.7 Å². The van der Waals surface area contributed by atoms with E-state index in [1.54, 1.807) is 11.1 Å². The average molecular weight is 718 g/mol. The fourth-order valence-corrected chi connectivity index (χ4v) is 6.63. The van der Waals surface area contributed by atoms with Crippen molar-refractivity contribution in [3.8, 4) is 11.3 Å². The molecule has 0 saturated carbocycles. The zero-order valence-electron chi connectivity index (χ0n) is 29.2. The van der Waals surface area contributed by atoms with Gasteiger partial charge in [-0.2, -0.15) is 11.8 Å². The number of benzene rings is 2. The maximum atomic E-state index is 15.0. The molecule has 0 aliphatic heterocycles. The summed E-state index contributed by atoms with van der Waals surface area (Å²) in [5, 5.41) is 14.2. The smallest absolute Gasteiger partial charge is 0.407 e. The van der Waals surface area contributed by atoms with Gasteiger partial charge in [0.25, 0.3) is 0 Å². The molecule has 1 atom stereocenters. The van der Waals surface area contributed by atoms with E-state index in [4.69, 9.17) is 14.8 Å². The van der Waals surface area contributed by atoms with Crippen molar-refractivity contribution in [2.45, 2.75) is 65.5 Å². The molecule has 0 radical (unpaired) electrons. The Morgan fingerprint density at radius 3 is 2.43 bits per heavy atom. The molecule has 0 fully saturated rings. The summed E-state index contributed by atoms with van der Waals surface area (Å²) in [5.41, 5.74) is 0.602. The molecule has 3 N–H and O–H groups in total. The molecular weight excluding hydrogens is 669 g/mol. The molecule has 10 nitrogen and oxygen atoms in total. The third-order valence-corrected chi connectivity index (χ3v) is 10.2. The maximum Gasteiger partial charge on any atom is 0.407 e. The fourth-order valence-electron chi connectivity index (χ4n) is 5.18. The van der Waals surface area contributed by atoms with Crippen LogP contribution in [0.5, 0.6) is 0 Å². The molecule has 0 saturated heterocycles. The van der Waals surface area contributed by atoms with Gasteiger partial charge in [0, 0.05) is 51.8 Å². The van der Waals surface area contributed by atoms with E-state index in [1.807, 2.05) is 55.7 Å². The maximum absolute atomic E-state index is 15.0. The van der Waals surface area contributed by atoms with Crippen molar-refractivity contribution in [1.82, 2.24) is 25.1 Å². The number of amides is 3. The van der Waals surface area contributed by atoms with Crippen LogP contribution in [-0.4, -0.2) is 83.5 Å². The Labute approximate surface area is 293 Å². The van der Waals surface area contributed by atoms with Crippen molar-refractivity contribution in [3.05, 3.63) is 77.8 Å². The molecule has 268 valence electrons. The van der Waals surface area contributed by atoms with Crippen LogP contribution >= 0.6 is 11.8 Å². The van der Waals surface area contributed by atoms with Crippen molar-refractivity contribution in [2.24, 2.45) is 5.41 Å². The third-order valence-electron chi connectivity index (χ3n) is 7.58. The van der Waals surface area contributed by atoms with Crippen LogP contribution in [0.25, 0.3) is 11.3 Å². The van der Waals surface area contributed by atoms with E-state index in [9.17, 15) is 18.8 Å². The second-order valence-corrected chi connectivity index (χ2v) is 20.8. The summed E-state index contributed by atoms with van der Waals surface area (Å²) >= 11 is 1.36. The number of alkyl carbamates (subject to hydrolysis) is 1. The number of carboxylic acid groups (broad SMARTS) is 1. The van der Waals surface area contributed by atoms with E-state index in [-0.39, 0.29) is 36.0 Å². The number of thioether (sulfide) groups is 1. The van der Waals surface area contributed by atoms with Crippen molar-refractivity contribution in [2.75, 3.05) is 37.7 Å². The molecule has 0 unspecified atom stereocenters. The van der Waals surface area contributed by atoms with Crippen LogP contribution in [0.1, 0.15) is 44.6 Å². The van der Waals surface area contributed by atoms with Gasteiger partial charge in [-0.05, 0) is 41.6 Å². The third kappa shape index (κ3) is 13.1. The minimum atomic E-state index is -1.32. The Kier molecular flexibility index (Phi) is 14.7. The first kappa shape index (κ1) is 39.5. The normalized spacial score (nSPS) is 12.3. The Bertz CT molecular complexity index is 1550. The average Bonchev–Trinajstić information content (AvgIpc) is 3.40. The molecule has 1 heterocycles. The fraction of sp³-hybridized carbons (Fsp3) is 0.486. The van der Waals surface area contributed by atoms with Crippen LogP contribution in [0.15, 0.2) is 54.7 Å². The van der Waals surface area contributed by atoms with Gasteiger partial charge in [-0.1, -0.05) is 70.7 Å². The van der Waals surface area contributed by atoms with Crippen molar-refractivity contribution in [3.63, 3.8) is 0 Å². The first-order valence-corrected chi connectivity index (χ1v) is 21.2. The van der Waals surface area contributed by atoms with Crippen LogP contribution in [0.3, 0.4) is 0 Å². The second kappa shape index (κ2) is 18.2. The highest BCUT2D eigenvalue weighted by Gasteiger charge is 2.38. The summed E-state index contributed by atoms with van der Waals surface area (Å²) in [6.07, 6.45) is 0.371. The number of hydrogen-bond acceptors (Lipinski definition) is 6. The van der Waals surface area contributed by atoms with Crippen LogP contribution in [0, 0.1) is 17.0 Å². The molecule has 0 bridgehead atoms. The van der Waals surface area contributed by atoms with E-state index in [1.165, 1.54) is 11.8 Å².